The average molecular weight is 526 g/mol. The Balaban J connectivity index is 2.51. The maximum absolute atomic E-state index is 13.9. The number of anilines is 1. The van der Waals surface area contributed by atoms with Crippen molar-refractivity contribution in [1.82, 2.24) is 10.2 Å². The van der Waals surface area contributed by atoms with Crippen molar-refractivity contribution in [3.63, 3.8) is 0 Å². The number of thiol groups is 1. The number of nitrogens with zero attached hydrogens (tertiary/aromatic N) is 1. The summed E-state index contributed by atoms with van der Waals surface area (Å²) in [4.78, 5) is 41.7. The standard InChI is InChI=1S/C29H39N3O4S/c1-7-9-17-32(27(34)24(19-37)31-28(35)36-29(4,5)6)25(22-15-12-14-21(8-2)18-22)26(33)30-23-16-11-10-13-20(23)3/h8,10-16,18,24-25,37H,2,7,9,17,19H2,1,3-6H3,(H,30,33)(H,31,35). The number of para-hydroxylation sites is 1. The van der Waals surface area contributed by atoms with E-state index in [1.807, 2.05) is 62.4 Å². The highest BCUT2D eigenvalue weighted by Crippen LogP contribution is 2.27. The molecule has 37 heavy (non-hydrogen) atoms. The van der Waals surface area contributed by atoms with E-state index in [1.54, 1.807) is 26.8 Å². The number of benzene rings is 2. The molecule has 2 N–H and O–H groups in total. The molecule has 0 radical (unpaired) electrons. The van der Waals surface area contributed by atoms with E-state index < -0.39 is 29.7 Å². The van der Waals surface area contributed by atoms with Gasteiger partial charge in [-0.25, -0.2) is 4.79 Å². The second-order valence-electron chi connectivity index (χ2n) is 9.85. The van der Waals surface area contributed by atoms with Crippen LogP contribution in [0.4, 0.5) is 10.5 Å². The van der Waals surface area contributed by atoms with Crippen molar-refractivity contribution in [2.24, 2.45) is 0 Å². The third-order valence-electron chi connectivity index (χ3n) is 5.63. The first-order chi connectivity index (χ1) is 17.5. The van der Waals surface area contributed by atoms with Gasteiger partial charge in [0.15, 0.2) is 0 Å². The second-order valence-corrected chi connectivity index (χ2v) is 10.2. The Morgan fingerprint density at radius 1 is 1.14 bits per heavy atom. The second kappa shape index (κ2) is 13.9. The van der Waals surface area contributed by atoms with Crippen LogP contribution in [0.3, 0.4) is 0 Å². The smallest absolute Gasteiger partial charge is 0.408 e. The first-order valence-electron chi connectivity index (χ1n) is 12.5. The Hall–Kier alpha value is -3.26. The van der Waals surface area contributed by atoms with Crippen LogP contribution in [0, 0.1) is 6.92 Å². The number of amides is 3. The fourth-order valence-electron chi connectivity index (χ4n) is 3.77. The third kappa shape index (κ3) is 8.97. The van der Waals surface area contributed by atoms with E-state index in [9.17, 15) is 14.4 Å². The molecule has 0 heterocycles. The quantitative estimate of drug-likeness (QED) is 0.325. The van der Waals surface area contributed by atoms with Crippen LogP contribution in [0.2, 0.25) is 0 Å². The molecule has 0 saturated heterocycles. The van der Waals surface area contributed by atoms with Gasteiger partial charge in [0.1, 0.15) is 17.7 Å². The number of aryl methyl sites for hydroxylation is 1. The van der Waals surface area contributed by atoms with Crippen LogP contribution in [0.5, 0.6) is 0 Å². The zero-order valence-electron chi connectivity index (χ0n) is 22.4. The van der Waals surface area contributed by atoms with Gasteiger partial charge in [-0.15, -0.1) is 0 Å². The number of unbranched alkanes of at least 4 members (excludes halogenated alkanes) is 1. The van der Waals surface area contributed by atoms with Gasteiger partial charge in [-0.3, -0.25) is 9.59 Å². The van der Waals surface area contributed by atoms with Gasteiger partial charge in [0.05, 0.1) is 0 Å². The Morgan fingerprint density at radius 2 is 1.84 bits per heavy atom. The molecule has 2 aromatic carbocycles. The molecule has 3 amide bonds. The molecular formula is C29H39N3O4S. The summed E-state index contributed by atoms with van der Waals surface area (Å²) in [6.45, 7) is 13.3. The number of hydrogen-bond donors (Lipinski definition) is 3. The molecule has 2 atom stereocenters. The number of rotatable bonds is 11. The van der Waals surface area contributed by atoms with Crippen LogP contribution >= 0.6 is 12.6 Å². The molecule has 8 heteroatoms. The van der Waals surface area contributed by atoms with Crippen LogP contribution in [0.1, 0.15) is 63.3 Å². The summed E-state index contributed by atoms with van der Waals surface area (Å²) in [6.07, 6.45) is 2.46. The molecule has 0 fully saturated rings. The maximum Gasteiger partial charge on any atom is 0.408 e. The maximum atomic E-state index is 13.9. The Labute approximate surface area is 226 Å². The fourth-order valence-corrected chi connectivity index (χ4v) is 4.02. The van der Waals surface area contributed by atoms with Gasteiger partial charge in [0.2, 0.25) is 5.91 Å². The highest BCUT2D eigenvalue weighted by Gasteiger charge is 2.36. The van der Waals surface area contributed by atoms with Crippen LogP contribution in [0.25, 0.3) is 6.08 Å². The number of carbonyl (C=O) groups is 3. The van der Waals surface area contributed by atoms with Crippen molar-refractivity contribution in [1.29, 1.82) is 0 Å². The molecule has 0 aromatic heterocycles. The molecule has 0 aliphatic rings. The van der Waals surface area contributed by atoms with Crippen molar-refractivity contribution in [2.75, 3.05) is 17.6 Å². The summed E-state index contributed by atoms with van der Waals surface area (Å²) < 4.78 is 5.35. The summed E-state index contributed by atoms with van der Waals surface area (Å²) in [5, 5.41) is 5.63. The summed E-state index contributed by atoms with van der Waals surface area (Å²) in [5.41, 5.74) is 2.31. The molecule has 2 unspecified atom stereocenters. The van der Waals surface area contributed by atoms with Crippen LogP contribution < -0.4 is 10.6 Å². The summed E-state index contributed by atoms with van der Waals surface area (Å²) in [5.74, 6) is -0.724. The number of ether oxygens (including phenoxy) is 1. The summed E-state index contributed by atoms with van der Waals surface area (Å²) in [6, 6.07) is 12.9. The topological polar surface area (TPSA) is 87.7 Å². The zero-order valence-corrected chi connectivity index (χ0v) is 23.3. The molecule has 0 saturated carbocycles. The molecule has 0 aliphatic carbocycles. The third-order valence-corrected chi connectivity index (χ3v) is 6.00. The molecule has 2 rings (SSSR count). The highest BCUT2D eigenvalue weighted by molar-refractivity contribution is 7.80. The largest absolute Gasteiger partial charge is 0.444 e. The van der Waals surface area contributed by atoms with Crippen molar-refractivity contribution in [2.45, 2.75) is 65.1 Å². The average Bonchev–Trinajstić information content (AvgIpc) is 2.84. The lowest BCUT2D eigenvalue weighted by Crippen LogP contribution is -2.53. The molecule has 7 nitrogen and oxygen atoms in total. The predicted molar refractivity (Wildman–Crippen MR) is 153 cm³/mol. The molecule has 200 valence electrons. The van der Waals surface area contributed by atoms with E-state index in [1.165, 1.54) is 4.90 Å². The van der Waals surface area contributed by atoms with Crippen molar-refractivity contribution < 1.29 is 19.1 Å². The van der Waals surface area contributed by atoms with Crippen LogP contribution in [-0.4, -0.2) is 46.7 Å². The first-order valence-corrected chi connectivity index (χ1v) is 13.1. The predicted octanol–water partition coefficient (Wildman–Crippen LogP) is 5.77. The van der Waals surface area contributed by atoms with Gasteiger partial charge in [-0.2, -0.15) is 12.6 Å². The molecule has 0 aliphatic heterocycles. The van der Waals surface area contributed by atoms with Gasteiger partial charge >= 0.3 is 6.09 Å². The van der Waals surface area contributed by atoms with Crippen molar-refractivity contribution in [3.8, 4) is 0 Å². The van der Waals surface area contributed by atoms with E-state index in [-0.39, 0.29) is 11.7 Å². The van der Waals surface area contributed by atoms with Gasteiger partial charge in [0.25, 0.3) is 5.91 Å². The Kier molecular flexibility index (Phi) is 11.2. The Bertz CT molecular complexity index is 1100. The van der Waals surface area contributed by atoms with Gasteiger partial charge in [-0.1, -0.05) is 62.4 Å². The molecule has 0 spiro atoms. The summed E-state index contributed by atoms with van der Waals surface area (Å²) >= 11 is 4.33. The zero-order chi connectivity index (χ0) is 27.6. The lowest BCUT2D eigenvalue weighted by atomic mass is 9.99. The van der Waals surface area contributed by atoms with Crippen molar-refractivity contribution >= 4 is 42.3 Å². The monoisotopic (exact) mass is 525 g/mol. The Morgan fingerprint density at radius 3 is 2.43 bits per heavy atom. The lowest BCUT2D eigenvalue weighted by molar-refractivity contribution is -0.140. The number of alkyl carbamates (subject to hydrolysis) is 1. The molecule has 2 aromatic rings. The van der Waals surface area contributed by atoms with E-state index >= 15 is 0 Å². The SMILES string of the molecule is C=Cc1cccc(C(C(=O)Nc2ccccc2C)N(CCCC)C(=O)C(CS)NC(=O)OC(C)(C)C)c1. The van der Waals surface area contributed by atoms with E-state index in [2.05, 4.69) is 29.8 Å². The number of carbonyl (C=O) groups excluding carboxylic acids is 3. The number of hydrogen-bond acceptors (Lipinski definition) is 5. The minimum absolute atomic E-state index is 0.0412. The summed E-state index contributed by atoms with van der Waals surface area (Å²) in [7, 11) is 0. The number of nitrogens with one attached hydrogen (secondary N) is 2. The van der Waals surface area contributed by atoms with E-state index in [4.69, 9.17) is 4.74 Å². The minimum Gasteiger partial charge on any atom is -0.444 e. The van der Waals surface area contributed by atoms with E-state index in [0.717, 1.165) is 17.5 Å². The minimum atomic E-state index is -0.980. The van der Waals surface area contributed by atoms with E-state index in [0.29, 0.717) is 24.2 Å². The first kappa shape index (κ1) is 30.0. The lowest BCUT2D eigenvalue weighted by Gasteiger charge is -2.34. The normalized spacial score (nSPS) is 12.7. The van der Waals surface area contributed by atoms with Gasteiger partial charge < -0.3 is 20.3 Å². The molecule has 0 bridgehead atoms. The van der Waals surface area contributed by atoms with Crippen LogP contribution in [-0.2, 0) is 14.3 Å². The molecular weight excluding hydrogens is 486 g/mol. The fraction of sp³-hybridized carbons (Fsp3) is 0.414. The van der Waals surface area contributed by atoms with Gasteiger partial charge in [-0.05, 0) is 62.9 Å². The highest BCUT2D eigenvalue weighted by atomic mass is 32.1. The van der Waals surface area contributed by atoms with Crippen LogP contribution in [0.15, 0.2) is 55.1 Å². The van der Waals surface area contributed by atoms with Crippen molar-refractivity contribution in [3.05, 3.63) is 71.8 Å². The van der Waals surface area contributed by atoms with Gasteiger partial charge in [0, 0.05) is 18.0 Å².